The molecular weight excluding hydrogens is 245 g/mol. The molecule has 0 unspecified atom stereocenters. The van der Waals surface area contributed by atoms with E-state index in [4.69, 9.17) is 14.2 Å². The Morgan fingerprint density at radius 1 is 1.29 bits per heavy atom. The van der Waals surface area contributed by atoms with Gasteiger partial charge in [-0.25, -0.2) is 0 Å². The van der Waals surface area contributed by atoms with Gasteiger partial charge in [0.2, 0.25) is 0 Å². The van der Waals surface area contributed by atoms with Crippen LogP contribution in [0.5, 0.6) is 0 Å². The van der Waals surface area contributed by atoms with Gasteiger partial charge in [0, 0.05) is 0 Å². The van der Waals surface area contributed by atoms with Crippen LogP contribution in [0.3, 0.4) is 0 Å². The summed E-state index contributed by atoms with van der Waals surface area (Å²) in [6.45, 7) is 5.86. The number of carbonyl (C=O) groups is 1. The smallest absolute Gasteiger partial charge is 0.344 e. The number of carboxylic acid groups (broad SMARTS) is 1. The van der Waals surface area contributed by atoms with Gasteiger partial charge in [0.15, 0.2) is 0 Å². The van der Waals surface area contributed by atoms with Gasteiger partial charge in [0.1, 0.15) is 6.04 Å². The summed E-state index contributed by atoms with van der Waals surface area (Å²) < 4.78 is 22.2. The first kappa shape index (κ1) is 16.6. The lowest BCUT2D eigenvalue weighted by Gasteiger charge is -2.20. The SMILES string of the molecule is CCC[C@H](NCP(=O)(OCC)OCC)C(=O)O. The van der Waals surface area contributed by atoms with Crippen molar-refractivity contribution in [1.82, 2.24) is 5.32 Å². The molecule has 0 spiro atoms. The van der Waals surface area contributed by atoms with Crippen LogP contribution in [-0.2, 0) is 18.4 Å². The highest BCUT2D eigenvalue weighted by Gasteiger charge is 2.26. The van der Waals surface area contributed by atoms with Crippen LogP contribution in [0.25, 0.3) is 0 Å². The van der Waals surface area contributed by atoms with Gasteiger partial charge in [-0.15, -0.1) is 0 Å². The van der Waals surface area contributed by atoms with Crippen molar-refractivity contribution in [3.05, 3.63) is 0 Å². The molecular formula is C10H22NO5P. The first-order valence-electron chi connectivity index (χ1n) is 5.83. The third-order valence-corrected chi connectivity index (χ3v) is 3.93. The van der Waals surface area contributed by atoms with Crippen molar-refractivity contribution >= 4 is 13.6 Å². The van der Waals surface area contributed by atoms with Crippen LogP contribution in [0.2, 0.25) is 0 Å². The number of hydrogen-bond donors (Lipinski definition) is 2. The highest BCUT2D eigenvalue weighted by molar-refractivity contribution is 7.53. The Labute approximate surface area is 102 Å². The molecule has 0 rings (SSSR count). The Hall–Kier alpha value is -0.420. The van der Waals surface area contributed by atoms with Crippen molar-refractivity contribution < 1.29 is 23.5 Å². The molecule has 7 heteroatoms. The van der Waals surface area contributed by atoms with Crippen LogP contribution in [0.1, 0.15) is 33.6 Å². The molecule has 0 heterocycles. The van der Waals surface area contributed by atoms with E-state index in [0.717, 1.165) is 6.42 Å². The molecule has 0 amide bonds. The molecule has 0 aromatic carbocycles. The van der Waals surface area contributed by atoms with Crippen molar-refractivity contribution in [2.24, 2.45) is 0 Å². The van der Waals surface area contributed by atoms with Crippen LogP contribution in [0, 0.1) is 0 Å². The molecule has 0 saturated heterocycles. The first-order valence-corrected chi connectivity index (χ1v) is 7.56. The maximum absolute atomic E-state index is 12.0. The summed E-state index contributed by atoms with van der Waals surface area (Å²) in [6.07, 6.45) is 1.14. The second-order valence-electron chi connectivity index (χ2n) is 3.49. The monoisotopic (exact) mass is 267 g/mol. The third-order valence-electron chi connectivity index (χ3n) is 2.06. The van der Waals surface area contributed by atoms with E-state index in [2.05, 4.69) is 5.32 Å². The van der Waals surface area contributed by atoms with Crippen LogP contribution in [0.15, 0.2) is 0 Å². The second-order valence-corrected chi connectivity index (χ2v) is 5.54. The average Bonchev–Trinajstić information content (AvgIpc) is 2.24. The van der Waals surface area contributed by atoms with Gasteiger partial charge in [0.25, 0.3) is 0 Å². The number of hydrogen-bond acceptors (Lipinski definition) is 5. The summed E-state index contributed by atoms with van der Waals surface area (Å²) in [5.74, 6) is -0.952. The minimum absolute atomic E-state index is 0.0777. The van der Waals surface area contributed by atoms with Gasteiger partial charge < -0.3 is 14.2 Å². The Kier molecular flexibility index (Phi) is 8.43. The van der Waals surface area contributed by atoms with Gasteiger partial charge in [-0.2, -0.15) is 0 Å². The molecule has 0 aliphatic carbocycles. The molecule has 17 heavy (non-hydrogen) atoms. The molecule has 102 valence electrons. The van der Waals surface area contributed by atoms with Crippen molar-refractivity contribution in [3.8, 4) is 0 Å². The van der Waals surface area contributed by atoms with E-state index >= 15 is 0 Å². The zero-order valence-corrected chi connectivity index (χ0v) is 11.5. The molecule has 0 fully saturated rings. The molecule has 0 aromatic heterocycles. The van der Waals surface area contributed by atoms with Crippen molar-refractivity contribution in [3.63, 3.8) is 0 Å². The molecule has 0 radical (unpaired) electrons. The van der Waals surface area contributed by atoms with Gasteiger partial charge in [-0.1, -0.05) is 13.3 Å². The molecule has 0 aliphatic rings. The van der Waals surface area contributed by atoms with Gasteiger partial charge in [-0.3, -0.25) is 14.7 Å². The molecule has 2 N–H and O–H groups in total. The molecule has 0 aliphatic heterocycles. The molecule has 0 bridgehead atoms. The summed E-state index contributed by atoms with van der Waals surface area (Å²) in [5.41, 5.74) is 0. The maximum atomic E-state index is 12.0. The summed E-state index contributed by atoms with van der Waals surface area (Å²) in [7, 11) is -3.21. The summed E-state index contributed by atoms with van der Waals surface area (Å²) in [6, 6.07) is -0.714. The average molecular weight is 267 g/mol. The van der Waals surface area contributed by atoms with Crippen LogP contribution in [-0.4, -0.2) is 36.6 Å². The first-order chi connectivity index (χ1) is 7.99. The van der Waals surface area contributed by atoms with E-state index in [9.17, 15) is 9.36 Å². The minimum atomic E-state index is -3.21. The Morgan fingerprint density at radius 3 is 2.18 bits per heavy atom. The van der Waals surface area contributed by atoms with Crippen molar-refractivity contribution in [2.75, 3.05) is 19.5 Å². The van der Waals surface area contributed by atoms with E-state index < -0.39 is 19.6 Å². The van der Waals surface area contributed by atoms with Gasteiger partial charge in [-0.05, 0) is 20.3 Å². The van der Waals surface area contributed by atoms with Gasteiger partial charge >= 0.3 is 13.6 Å². The zero-order chi connectivity index (χ0) is 13.3. The number of nitrogens with one attached hydrogen (secondary N) is 1. The second kappa shape index (κ2) is 8.64. The maximum Gasteiger partial charge on any atom is 0.344 e. The van der Waals surface area contributed by atoms with E-state index in [0.29, 0.717) is 6.42 Å². The summed E-state index contributed by atoms with van der Waals surface area (Å²) >= 11 is 0. The van der Waals surface area contributed by atoms with Crippen LogP contribution >= 0.6 is 7.60 Å². The lowest BCUT2D eigenvalue weighted by molar-refractivity contribution is -0.139. The van der Waals surface area contributed by atoms with Crippen molar-refractivity contribution in [1.29, 1.82) is 0 Å². The molecule has 0 saturated carbocycles. The lowest BCUT2D eigenvalue weighted by atomic mass is 10.2. The lowest BCUT2D eigenvalue weighted by Crippen LogP contribution is -2.37. The number of aliphatic carboxylic acids is 1. The highest BCUT2D eigenvalue weighted by atomic mass is 31.2. The number of rotatable bonds is 10. The predicted molar refractivity (Wildman–Crippen MR) is 65.2 cm³/mol. The topological polar surface area (TPSA) is 84.9 Å². The minimum Gasteiger partial charge on any atom is -0.480 e. The van der Waals surface area contributed by atoms with E-state index in [1.807, 2.05) is 6.92 Å². The number of carboxylic acids is 1. The largest absolute Gasteiger partial charge is 0.480 e. The summed E-state index contributed by atoms with van der Waals surface area (Å²) in [4.78, 5) is 10.9. The third kappa shape index (κ3) is 6.78. The van der Waals surface area contributed by atoms with E-state index in [1.165, 1.54) is 0 Å². The Bertz CT molecular complexity index is 261. The molecule has 1 atom stereocenters. The quantitative estimate of drug-likeness (QED) is 0.589. The van der Waals surface area contributed by atoms with Crippen LogP contribution in [0.4, 0.5) is 0 Å². The Balaban J connectivity index is 4.35. The summed E-state index contributed by atoms with van der Waals surface area (Å²) in [5, 5.41) is 11.6. The fourth-order valence-electron chi connectivity index (χ4n) is 1.35. The fourth-order valence-corrected chi connectivity index (χ4v) is 2.83. The molecule has 6 nitrogen and oxygen atoms in total. The standard InChI is InChI=1S/C10H22NO5P/c1-4-7-9(10(12)13)11-8-17(14,15-5-2)16-6-3/h9,11H,4-8H2,1-3H3,(H,12,13)/t9-/m0/s1. The Morgan fingerprint density at radius 2 is 1.82 bits per heavy atom. The highest BCUT2D eigenvalue weighted by Crippen LogP contribution is 2.46. The zero-order valence-electron chi connectivity index (χ0n) is 10.6. The normalized spacial score (nSPS) is 13.6. The van der Waals surface area contributed by atoms with Crippen molar-refractivity contribution in [2.45, 2.75) is 39.7 Å². The fraction of sp³-hybridized carbons (Fsp3) is 0.900. The van der Waals surface area contributed by atoms with E-state index in [-0.39, 0.29) is 19.5 Å². The van der Waals surface area contributed by atoms with Gasteiger partial charge in [0.05, 0.1) is 19.5 Å². The van der Waals surface area contributed by atoms with Crippen LogP contribution < -0.4 is 5.32 Å². The predicted octanol–water partition coefficient (Wildman–Crippen LogP) is 2.05. The van der Waals surface area contributed by atoms with E-state index in [1.54, 1.807) is 13.8 Å². The molecule has 0 aromatic rings.